The quantitative estimate of drug-likeness (QED) is 0.553. The van der Waals surface area contributed by atoms with Crippen molar-refractivity contribution >= 4 is 67.8 Å². The van der Waals surface area contributed by atoms with Crippen LogP contribution in [0.5, 0.6) is 5.75 Å². The summed E-state index contributed by atoms with van der Waals surface area (Å²) in [6.45, 7) is 0. The summed E-state index contributed by atoms with van der Waals surface area (Å²) >= 11 is 6.75. The summed E-state index contributed by atoms with van der Waals surface area (Å²) in [4.78, 5) is 0. The summed E-state index contributed by atoms with van der Waals surface area (Å²) in [6.07, 6.45) is 0. The number of ether oxygens (including phenoxy) is 1. The van der Waals surface area contributed by atoms with Crippen LogP contribution < -0.4 is 4.74 Å². The average molecular weight is 485 g/mol. The first-order valence-electron chi connectivity index (χ1n) is 2.71. The summed E-state index contributed by atoms with van der Waals surface area (Å²) in [5, 5.41) is 0. The largest absolute Gasteiger partial charge is 0.488 e. The van der Waals surface area contributed by atoms with Crippen LogP contribution in [0.1, 0.15) is 0 Å². The molecule has 0 spiro atoms. The third-order valence-electron chi connectivity index (χ3n) is 1.11. The zero-order valence-corrected chi connectivity index (χ0v) is 11.9. The maximum Gasteiger partial charge on any atom is 0.146 e. The van der Waals surface area contributed by atoms with Crippen molar-refractivity contribution in [3.8, 4) is 5.75 Å². The van der Waals surface area contributed by atoms with Gasteiger partial charge >= 0.3 is 0 Å². The Morgan fingerprint density at radius 2 is 1.55 bits per heavy atom. The van der Waals surface area contributed by atoms with Gasteiger partial charge in [-0.3, -0.25) is 0 Å². The fourth-order valence-electron chi connectivity index (χ4n) is 0.667. The lowest BCUT2D eigenvalue weighted by molar-refractivity contribution is 0.466. The SMILES string of the molecule is [CH2]Oc1c(I)cc(I)cc1I. The van der Waals surface area contributed by atoms with Crippen molar-refractivity contribution in [2.75, 3.05) is 0 Å². The highest BCUT2D eigenvalue weighted by molar-refractivity contribution is 14.1. The van der Waals surface area contributed by atoms with Crippen LogP contribution in [0.4, 0.5) is 0 Å². The summed E-state index contributed by atoms with van der Waals surface area (Å²) in [6, 6.07) is 4.12. The van der Waals surface area contributed by atoms with Crippen LogP contribution in [0.15, 0.2) is 12.1 Å². The van der Waals surface area contributed by atoms with Crippen LogP contribution >= 0.6 is 67.8 Å². The summed E-state index contributed by atoms with van der Waals surface area (Å²) in [5.41, 5.74) is 0. The maximum atomic E-state index is 4.96. The van der Waals surface area contributed by atoms with Gasteiger partial charge < -0.3 is 4.74 Å². The molecule has 0 amide bonds. The number of hydrogen-bond donors (Lipinski definition) is 0. The first-order valence-corrected chi connectivity index (χ1v) is 5.95. The van der Waals surface area contributed by atoms with E-state index in [4.69, 9.17) is 4.74 Å². The zero-order valence-electron chi connectivity index (χ0n) is 5.40. The van der Waals surface area contributed by atoms with Gasteiger partial charge in [-0.25, -0.2) is 0 Å². The van der Waals surface area contributed by atoms with Gasteiger partial charge in [-0.1, -0.05) is 0 Å². The standard InChI is InChI=1S/C7H4I3O/c1-11-7-5(9)2-4(8)3-6(7)10/h2-3H,1H2. The predicted octanol–water partition coefficient (Wildman–Crippen LogP) is 3.67. The summed E-state index contributed by atoms with van der Waals surface area (Å²) in [7, 11) is 3.40. The van der Waals surface area contributed by atoms with Crippen molar-refractivity contribution < 1.29 is 4.74 Å². The lowest BCUT2D eigenvalue weighted by Gasteiger charge is -2.05. The Morgan fingerprint density at radius 1 is 1.09 bits per heavy atom. The summed E-state index contributed by atoms with van der Waals surface area (Å²) in [5.74, 6) is 0.867. The van der Waals surface area contributed by atoms with Crippen molar-refractivity contribution in [1.29, 1.82) is 0 Å². The van der Waals surface area contributed by atoms with Crippen molar-refractivity contribution in [1.82, 2.24) is 0 Å². The molecule has 0 heterocycles. The van der Waals surface area contributed by atoms with E-state index in [1.807, 2.05) is 0 Å². The number of hydrogen-bond acceptors (Lipinski definition) is 1. The van der Waals surface area contributed by atoms with E-state index in [-0.39, 0.29) is 0 Å². The number of rotatable bonds is 1. The van der Waals surface area contributed by atoms with Gasteiger partial charge in [0.15, 0.2) is 0 Å². The van der Waals surface area contributed by atoms with E-state index in [0.717, 1.165) is 12.9 Å². The lowest BCUT2D eigenvalue weighted by Crippen LogP contribution is -1.89. The van der Waals surface area contributed by atoms with Crippen LogP contribution in [0.25, 0.3) is 0 Å². The molecule has 1 aromatic rings. The van der Waals surface area contributed by atoms with E-state index in [2.05, 4.69) is 87.0 Å². The molecule has 0 saturated heterocycles. The normalized spacial score (nSPS) is 9.82. The second-order valence-electron chi connectivity index (χ2n) is 1.84. The molecular weight excluding hydrogens is 481 g/mol. The topological polar surface area (TPSA) is 9.23 Å². The smallest absolute Gasteiger partial charge is 0.146 e. The first kappa shape index (κ1) is 10.3. The van der Waals surface area contributed by atoms with Crippen LogP contribution in [-0.4, -0.2) is 0 Å². The molecule has 11 heavy (non-hydrogen) atoms. The fraction of sp³-hybridized carbons (Fsp3) is 0. The van der Waals surface area contributed by atoms with E-state index < -0.39 is 0 Å². The Morgan fingerprint density at radius 3 is 1.91 bits per heavy atom. The molecule has 1 aromatic carbocycles. The van der Waals surface area contributed by atoms with Crippen molar-refractivity contribution in [2.24, 2.45) is 0 Å². The fourth-order valence-corrected chi connectivity index (χ4v) is 4.56. The Labute approximate surface area is 107 Å². The van der Waals surface area contributed by atoms with E-state index in [9.17, 15) is 0 Å². The Kier molecular flexibility index (Phi) is 4.16. The van der Waals surface area contributed by atoms with E-state index in [1.54, 1.807) is 0 Å². The molecule has 0 unspecified atom stereocenters. The third-order valence-corrected chi connectivity index (χ3v) is 3.33. The maximum absolute atomic E-state index is 4.96. The van der Waals surface area contributed by atoms with E-state index in [1.165, 1.54) is 3.57 Å². The highest BCUT2D eigenvalue weighted by Crippen LogP contribution is 2.29. The van der Waals surface area contributed by atoms with Crippen molar-refractivity contribution in [3.63, 3.8) is 0 Å². The van der Waals surface area contributed by atoms with Crippen LogP contribution in [0, 0.1) is 17.8 Å². The highest BCUT2D eigenvalue weighted by Gasteiger charge is 2.05. The van der Waals surface area contributed by atoms with Gasteiger partial charge in [-0.15, -0.1) is 0 Å². The Bertz CT molecular complexity index is 249. The molecule has 0 bridgehead atoms. The van der Waals surface area contributed by atoms with Gasteiger partial charge in [-0.05, 0) is 79.9 Å². The molecule has 0 N–H and O–H groups in total. The first-order chi connectivity index (χ1) is 5.15. The number of benzene rings is 1. The van der Waals surface area contributed by atoms with Crippen molar-refractivity contribution in [3.05, 3.63) is 30.0 Å². The van der Waals surface area contributed by atoms with Crippen LogP contribution in [-0.2, 0) is 0 Å². The minimum atomic E-state index is 0.867. The van der Waals surface area contributed by atoms with Gasteiger partial charge in [0.05, 0.1) is 7.14 Å². The molecule has 0 aliphatic carbocycles. The third kappa shape index (κ3) is 2.58. The van der Waals surface area contributed by atoms with E-state index in [0.29, 0.717) is 0 Å². The summed E-state index contributed by atoms with van der Waals surface area (Å²) < 4.78 is 8.39. The molecule has 1 radical (unpaired) electrons. The van der Waals surface area contributed by atoms with Gasteiger partial charge in [-0.2, -0.15) is 0 Å². The van der Waals surface area contributed by atoms with Crippen LogP contribution in [0.2, 0.25) is 0 Å². The van der Waals surface area contributed by atoms with Crippen LogP contribution in [0.3, 0.4) is 0 Å². The molecule has 1 nitrogen and oxygen atoms in total. The molecule has 0 aliphatic heterocycles. The minimum absolute atomic E-state index is 0.867. The molecular formula is C7H4I3O. The van der Waals surface area contributed by atoms with Gasteiger partial charge in [0, 0.05) is 3.57 Å². The molecule has 0 fully saturated rings. The predicted molar refractivity (Wildman–Crippen MR) is 70.6 cm³/mol. The monoisotopic (exact) mass is 485 g/mol. The molecule has 1 rings (SSSR count). The van der Waals surface area contributed by atoms with Gasteiger partial charge in [0.25, 0.3) is 0 Å². The molecule has 0 atom stereocenters. The Hall–Kier alpha value is 1.21. The molecule has 0 aliphatic rings. The van der Waals surface area contributed by atoms with E-state index >= 15 is 0 Å². The lowest BCUT2D eigenvalue weighted by atomic mass is 10.3. The second kappa shape index (κ2) is 4.45. The second-order valence-corrected chi connectivity index (χ2v) is 5.41. The van der Waals surface area contributed by atoms with Crippen molar-refractivity contribution in [2.45, 2.75) is 0 Å². The molecule has 0 saturated carbocycles. The van der Waals surface area contributed by atoms with Gasteiger partial charge in [0.1, 0.15) is 12.9 Å². The highest BCUT2D eigenvalue weighted by atomic mass is 127. The minimum Gasteiger partial charge on any atom is -0.488 e. The van der Waals surface area contributed by atoms with Gasteiger partial charge in [0.2, 0.25) is 0 Å². The zero-order chi connectivity index (χ0) is 8.43. The average Bonchev–Trinajstić information content (AvgIpc) is 1.85. The molecule has 0 aromatic heterocycles. The Balaban J connectivity index is 3.25. The molecule has 59 valence electrons. The molecule has 4 heteroatoms. The number of halogens is 3.